The van der Waals surface area contributed by atoms with Crippen LogP contribution in [-0.2, 0) is 12.7 Å². The summed E-state index contributed by atoms with van der Waals surface area (Å²) in [4.78, 5) is 23.8. The van der Waals surface area contributed by atoms with Crippen LogP contribution in [0.3, 0.4) is 0 Å². The molecule has 49 heavy (non-hydrogen) atoms. The van der Waals surface area contributed by atoms with E-state index in [1.165, 1.54) is 6.07 Å². The van der Waals surface area contributed by atoms with Gasteiger partial charge in [0.1, 0.15) is 17.6 Å². The van der Waals surface area contributed by atoms with Gasteiger partial charge in [-0.15, -0.1) is 12.4 Å². The second kappa shape index (κ2) is 15.5. The highest BCUT2D eigenvalue weighted by Crippen LogP contribution is 2.46. The van der Waals surface area contributed by atoms with Gasteiger partial charge in [-0.25, -0.2) is 0 Å². The Bertz CT molecular complexity index is 1780. The van der Waals surface area contributed by atoms with Crippen molar-refractivity contribution in [3.05, 3.63) is 134 Å². The van der Waals surface area contributed by atoms with Crippen molar-refractivity contribution in [3.63, 3.8) is 0 Å². The number of piperazine rings is 1. The minimum atomic E-state index is -4.59. The van der Waals surface area contributed by atoms with Crippen LogP contribution in [0.2, 0.25) is 10.0 Å². The maximum Gasteiger partial charge on any atom is 0.416 e. The van der Waals surface area contributed by atoms with Gasteiger partial charge in [-0.3, -0.25) is 19.6 Å². The lowest BCUT2D eigenvalue weighted by molar-refractivity contribution is -0.137. The minimum absolute atomic E-state index is 0. The van der Waals surface area contributed by atoms with Gasteiger partial charge in [0.15, 0.2) is 0 Å². The number of alkyl halides is 3. The largest absolute Gasteiger partial charge is 0.490 e. The van der Waals surface area contributed by atoms with Crippen LogP contribution >= 0.6 is 35.6 Å². The van der Waals surface area contributed by atoms with Crippen LogP contribution in [0.4, 0.5) is 13.2 Å². The zero-order valence-electron chi connectivity index (χ0n) is 26.9. The van der Waals surface area contributed by atoms with Crippen LogP contribution in [0.1, 0.15) is 64.1 Å². The Hall–Kier alpha value is -3.60. The highest BCUT2D eigenvalue weighted by atomic mass is 35.5. The van der Waals surface area contributed by atoms with Crippen molar-refractivity contribution in [2.75, 3.05) is 26.2 Å². The van der Waals surface area contributed by atoms with E-state index in [9.17, 15) is 18.0 Å². The molecule has 1 amide bonds. The van der Waals surface area contributed by atoms with Gasteiger partial charge in [-0.2, -0.15) is 13.2 Å². The number of nitrogens with one attached hydrogen (secondary N) is 1. The molecule has 6 rings (SSSR count). The summed E-state index contributed by atoms with van der Waals surface area (Å²) in [6.07, 6.45) is -5.04. The first-order chi connectivity index (χ1) is 23.0. The number of rotatable bonds is 8. The first kappa shape index (κ1) is 36.7. The summed E-state index contributed by atoms with van der Waals surface area (Å²) < 4.78 is 47.6. The summed E-state index contributed by atoms with van der Waals surface area (Å²) in [5.41, 5.74) is 2.43. The van der Waals surface area contributed by atoms with E-state index >= 15 is 0 Å². The van der Waals surface area contributed by atoms with Crippen molar-refractivity contribution in [1.82, 2.24) is 15.1 Å². The normalized spacial score (nSPS) is 18.3. The van der Waals surface area contributed by atoms with Crippen LogP contribution in [0, 0.1) is 0 Å². The van der Waals surface area contributed by atoms with E-state index in [0.29, 0.717) is 15.6 Å². The number of halogens is 6. The summed E-state index contributed by atoms with van der Waals surface area (Å²) in [5, 5.41) is 4.41. The Balaban J connectivity index is 0.00000468. The number of benzene rings is 4. The Morgan fingerprint density at radius 3 is 2.06 bits per heavy atom. The minimum Gasteiger partial charge on any atom is -0.490 e. The van der Waals surface area contributed by atoms with Crippen molar-refractivity contribution < 1.29 is 22.7 Å². The number of nitrogens with zero attached hydrogens (tertiary/aromatic N) is 3. The molecular formula is C37H36Cl3F3N4O2. The molecule has 2 heterocycles. The van der Waals surface area contributed by atoms with Crippen LogP contribution in [0.25, 0.3) is 0 Å². The van der Waals surface area contributed by atoms with Gasteiger partial charge in [0.2, 0.25) is 0 Å². The van der Waals surface area contributed by atoms with Gasteiger partial charge in [0.05, 0.1) is 23.3 Å². The van der Waals surface area contributed by atoms with E-state index in [0.717, 1.165) is 61.5 Å². The first-order valence-corrected chi connectivity index (χ1v) is 16.6. The number of aliphatic imine (C=N–C) groups is 1. The molecule has 2 atom stereocenters. The van der Waals surface area contributed by atoms with E-state index < -0.39 is 29.9 Å². The smallest absolute Gasteiger partial charge is 0.416 e. The van der Waals surface area contributed by atoms with Crippen molar-refractivity contribution >= 4 is 47.4 Å². The number of hydrogen-bond acceptors (Lipinski definition) is 5. The fourth-order valence-electron chi connectivity index (χ4n) is 6.12. The molecule has 6 nitrogen and oxygen atoms in total. The van der Waals surface area contributed by atoms with Gasteiger partial charge in [-0.1, -0.05) is 59.6 Å². The summed E-state index contributed by atoms with van der Waals surface area (Å²) in [6.45, 7) is 7.98. The molecule has 4 aromatic rings. The lowest BCUT2D eigenvalue weighted by Gasteiger charge is -2.30. The predicted octanol–water partition coefficient (Wildman–Crippen LogP) is 9.01. The second-order valence-electron chi connectivity index (χ2n) is 12.2. The van der Waals surface area contributed by atoms with Gasteiger partial charge in [0.25, 0.3) is 5.91 Å². The standard InChI is InChI=1S/C37H35Cl2F3N4O2.ClH/c1-23(2)48-32-21-28(37(40,41)42)11-16-31(32)35-44-33(25-7-12-29(38)13-8-25)34(26-9-14-30(39)15-10-26)46(35)36(47)27-5-3-24(4-6-27)22-45-19-17-43-18-20-45;/h3-16,21,23,33-34,43H,17-20,22H2,1-2H3;1H. The van der Waals surface area contributed by atoms with E-state index in [4.69, 9.17) is 32.9 Å². The zero-order valence-corrected chi connectivity index (χ0v) is 29.2. The molecule has 2 unspecified atom stereocenters. The molecule has 0 spiro atoms. The van der Waals surface area contributed by atoms with Gasteiger partial charge in [-0.05, 0) is 85.1 Å². The molecule has 1 fully saturated rings. The van der Waals surface area contributed by atoms with Crippen LogP contribution in [-0.4, -0.2) is 53.8 Å². The Morgan fingerprint density at radius 2 is 1.49 bits per heavy atom. The summed E-state index contributed by atoms with van der Waals surface area (Å²) >= 11 is 12.5. The highest BCUT2D eigenvalue weighted by molar-refractivity contribution is 6.30. The lowest BCUT2D eigenvalue weighted by atomic mass is 9.93. The summed E-state index contributed by atoms with van der Waals surface area (Å²) in [6, 6.07) is 23.8. The third-order valence-corrected chi connectivity index (χ3v) is 8.94. The van der Waals surface area contributed by atoms with Crippen LogP contribution in [0.15, 0.2) is 96.0 Å². The summed E-state index contributed by atoms with van der Waals surface area (Å²) in [5.74, 6) is -0.169. The molecule has 1 N–H and O–H groups in total. The molecule has 12 heteroatoms. The Labute approximate surface area is 300 Å². The van der Waals surface area contributed by atoms with Crippen molar-refractivity contribution in [2.45, 2.75) is 44.8 Å². The van der Waals surface area contributed by atoms with Crippen molar-refractivity contribution in [2.24, 2.45) is 4.99 Å². The SMILES string of the molecule is CC(C)Oc1cc(C(F)(F)F)ccc1C1=NC(c2ccc(Cl)cc2)C(c2ccc(Cl)cc2)N1C(=O)c1ccc(CN2CCNCC2)cc1.Cl. The number of carbonyl (C=O) groups excluding carboxylic acids is 1. The van der Waals surface area contributed by atoms with Crippen molar-refractivity contribution in [3.8, 4) is 5.75 Å². The lowest BCUT2D eigenvalue weighted by Crippen LogP contribution is -2.42. The first-order valence-electron chi connectivity index (χ1n) is 15.8. The van der Waals surface area contributed by atoms with Gasteiger partial charge in [0, 0.05) is 48.3 Å². The second-order valence-corrected chi connectivity index (χ2v) is 13.1. The third kappa shape index (κ3) is 8.41. The fourth-order valence-corrected chi connectivity index (χ4v) is 6.37. The maximum absolute atomic E-state index is 14.7. The molecule has 0 bridgehead atoms. The number of hydrogen-bond donors (Lipinski definition) is 1. The highest BCUT2D eigenvalue weighted by Gasteiger charge is 2.44. The molecule has 2 aliphatic heterocycles. The average Bonchev–Trinajstić information content (AvgIpc) is 3.45. The molecule has 1 saturated heterocycles. The number of ether oxygens (including phenoxy) is 1. The molecule has 0 saturated carbocycles. The van der Waals surface area contributed by atoms with Crippen LogP contribution < -0.4 is 10.1 Å². The molecule has 258 valence electrons. The molecule has 0 aliphatic carbocycles. The summed E-state index contributed by atoms with van der Waals surface area (Å²) in [7, 11) is 0. The van der Waals surface area contributed by atoms with E-state index in [2.05, 4.69) is 10.2 Å². The van der Waals surface area contributed by atoms with E-state index in [-0.39, 0.29) is 35.5 Å². The fraction of sp³-hybridized carbons (Fsp3) is 0.297. The van der Waals surface area contributed by atoms with E-state index in [1.54, 1.807) is 55.1 Å². The zero-order chi connectivity index (χ0) is 34.0. The Kier molecular flexibility index (Phi) is 11.6. The molecule has 2 aliphatic rings. The number of carbonyl (C=O) groups is 1. The molecular weight excluding hydrogens is 696 g/mol. The third-order valence-electron chi connectivity index (χ3n) is 8.44. The topological polar surface area (TPSA) is 57.2 Å². The van der Waals surface area contributed by atoms with E-state index in [1.807, 2.05) is 36.4 Å². The average molecular weight is 732 g/mol. The van der Waals surface area contributed by atoms with Gasteiger partial charge < -0.3 is 10.1 Å². The van der Waals surface area contributed by atoms with Crippen molar-refractivity contribution in [1.29, 1.82) is 0 Å². The molecule has 0 aromatic heterocycles. The number of amides is 1. The van der Waals surface area contributed by atoms with Gasteiger partial charge >= 0.3 is 6.18 Å². The molecule has 4 aromatic carbocycles. The maximum atomic E-state index is 14.7. The predicted molar refractivity (Wildman–Crippen MR) is 190 cm³/mol. The number of amidine groups is 1. The quantitative estimate of drug-likeness (QED) is 0.197. The van der Waals surface area contributed by atoms with Crippen LogP contribution in [0.5, 0.6) is 5.75 Å². The Morgan fingerprint density at radius 1 is 0.898 bits per heavy atom. The monoisotopic (exact) mass is 730 g/mol. The molecule has 0 radical (unpaired) electrons.